The molecule has 1 atom stereocenters. The predicted molar refractivity (Wildman–Crippen MR) is 94.1 cm³/mol. The SMILES string of the molecule is C[NH+](C)CCN(C(=S)Nc1ccc(F)cc1)[C@@H]1CCS(=O)(=O)C1. The number of rotatable bonds is 5. The van der Waals surface area contributed by atoms with Crippen LogP contribution in [-0.4, -0.2) is 63.2 Å². The molecule has 0 amide bonds. The quantitative estimate of drug-likeness (QED) is 0.733. The first-order valence-electron chi connectivity index (χ1n) is 7.59. The molecule has 1 heterocycles. The molecule has 1 saturated heterocycles. The van der Waals surface area contributed by atoms with Crippen LogP contribution in [0.5, 0.6) is 0 Å². The fourth-order valence-electron chi connectivity index (χ4n) is 2.54. The largest absolute Gasteiger partial charge is 0.339 e. The number of nitrogens with one attached hydrogen (secondary N) is 2. The summed E-state index contributed by atoms with van der Waals surface area (Å²) in [5.74, 6) is 0.0415. The van der Waals surface area contributed by atoms with Crippen LogP contribution in [-0.2, 0) is 9.84 Å². The van der Waals surface area contributed by atoms with Gasteiger partial charge in [0.25, 0.3) is 0 Å². The van der Waals surface area contributed by atoms with Crippen LogP contribution < -0.4 is 10.2 Å². The Morgan fingerprint density at radius 2 is 2.04 bits per heavy atom. The van der Waals surface area contributed by atoms with Gasteiger partial charge >= 0.3 is 0 Å². The number of nitrogens with zero attached hydrogens (tertiary/aromatic N) is 1. The molecule has 0 spiro atoms. The highest BCUT2D eigenvalue weighted by atomic mass is 32.2. The highest BCUT2D eigenvalue weighted by Gasteiger charge is 2.33. The number of anilines is 1. The van der Waals surface area contributed by atoms with Gasteiger partial charge in [-0.25, -0.2) is 12.8 Å². The highest BCUT2D eigenvalue weighted by molar-refractivity contribution is 7.91. The Hall–Kier alpha value is -1.25. The molecule has 2 rings (SSSR count). The predicted octanol–water partition coefficient (Wildman–Crippen LogP) is 0.156. The third-order valence-corrected chi connectivity index (χ3v) is 5.95. The lowest BCUT2D eigenvalue weighted by Crippen LogP contribution is -3.06. The number of hydrogen-bond donors (Lipinski definition) is 2. The summed E-state index contributed by atoms with van der Waals surface area (Å²) in [6, 6.07) is 5.85. The van der Waals surface area contributed by atoms with Gasteiger partial charge in [-0.15, -0.1) is 0 Å². The van der Waals surface area contributed by atoms with Gasteiger partial charge in [-0.1, -0.05) is 0 Å². The van der Waals surface area contributed by atoms with Crippen LogP contribution in [0.3, 0.4) is 0 Å². The number of hydrogen-bond acceptors (Lipinski definition) is 3. The number of benzene rings is 1. The zero-order chi connectivity index (χ0) is 17.0. The van der Waals surface area contributed by atoms with Gasteiger partial charge in [-0.05, 0) is 42.9 Å². The second-order valence-corrected chi connectivity index (χ2v) is 8.76. The molecular formula is C15H23FN3O2S2+. The van der Waals surface area contributed by atoms with E-state index in [2.05, 4.69) is 5.32 Å². The molecule has 5 nitrogen and oxygen atoms in total. The lowest BCUT2D eigenvalue weighted by molar-refractivity contribution is -0.857. The first kappa shape index (κ1) is 18.1. The molecule has 23 heavy (non-hydrogen) atoms. The van der Waals surface area contributed by atoms with Crippen molar-refractivity contribution < 1.29 is 17.7 Å². The first-order valence-corrected chi connectivity index (χ1v) is 9.82. The fourth-order valence-corrected chi connectivity index (χ4v) is 4.63. The third kappa shape index (κ3) is 5.40. The lowest BCUT2D eigenvalue weighted by atomic mass is 10.2. The van der Waals surface area contributed by atoms with Crippen LogP contribution in [0, 0.1) is 5.82 Å². The summed E-state index contributed by atoms with van der Waals surface area (Å²) < 4.78 is 36.5. The molecule has 1 aromatic carbocycles. The van der Waals surface area contributed by atoms with E-state index in [0.29, 0.717) is 23.8 Å². The Labute approximate surface area is 142 Å². The minimum absolute atomic E-state index is 0.0974. The summed E-state index contributed by atoms with van der Waals surface area (Å²) >= 11 is 5.47. The molecule has 0 bridgehead atoms. The van der Waals surface area contributed by atoms with Gasteiger partial charge in [0.1, 0.15) is 5.82 Å². The Morgan fingerprint density at radius 3 is 2.57 bits per heavy atom. The van der Waals surface area contributed by atoms with E-state index in [4.69, 9.17) is 12.2 Å². The molecular weight excluding hydrogens is 337 g/mol. The summed E-state index contributed by atoms with van der Waals surface area (Å²) in [4.78, 5) is 3.22. The van der Waals surface area contributed by atoms with Crippen molar-refractivity contribution in [3.63, 3.8) is 0 Å². The van der Waals surface area contributed by atoms with Crippen LogP contribution >= 0.6 is 12.2 Å². The summed E-state index contributed by atoms with van der Waals surface area (Å²) in [5.41, 5.74) is 0.694. The second-order valence-electron chi connectivity index (χ2n) is 6.14. The van der Waals surface area contributed by atoms with Gasteiger partial charge in [0.05, 0.1) is 38.7 Å². The van der Waals surface area contributed by atoms with Crippen LogP contribution in [0.15, 0.2) is 24.3 Å². The van der Waals surface area contributed by atoms with Crippen molar-refractivity contribution in [1.82, 2.24) is 4.90 Å². The maximum absolute atomic E-state index is 13.0. The van der Waals surface area contributed by atoms with E-state index in [9.17, 15) is 12.8 Å². The molecule has 0 saturated carbocycles. The molecule has 1 aromatic rings. The molecule has 128 valence electrons. The van der Waals surface area contributed by atoms with Crippen molar-refractivity contribution in [2.45, 2.75) is 12.5 Å². The van der Waals surface area contributed by atoms with Crippen molar-refractivity contribution in [2.75, 3.05) is 44.0 Å². The number of sulfone groups is 1. The molecule has 0 radical (unpaired) electrons. The first-order chi connectivity index (χ1) is 10.8. The smallest absolute Gasteiger partial charge is 0.173 e. The standard InChI is InChI=1S/C15H22FN3O2S2/c1-18(2)8-9-19(14-7-10-23(20,21)11-14)15(22)17-13-5-3-12(16)4-6-13/h3-6,14H,7-11H2,1-2H3,(H,17,22)/p+1/t14-/m1/s1. The summed E-state index contributed by atoms with van der Waals surface area (Å²) in [6.07, 6.45) is 0.594. The average Bonchev–Trinajstić information content (AvgIpc) is 2.81. The van der Waals surface area contributed by atoms with Crippen LogP contribution in [0.1, 0.15) is 6.42 Å². The Kier molecular flexibility index (Phi) is 5.94. The molecule has 2 N–H and O–H groups in total. The summed E-state index contributed by atoms with van der Waals surface area (Å²) in [6.45, 7) is 1.53. The molecule has 1 fully saturated rings. The van der Waals surface area contributed by atoms with Crippen LogP contribution in [0.4, 0.5) is 10.1 Å². The van der Waals surface area contributed by atoms with Gasteiger partial charge in [0.2, 0.25) is 0 Å². The van der Waals surface area contributed by atoms with Gasteiger partial charge in [0.15, 0.2) is 14.9 Å². The maximum Gasteiger partial charge on any atom is 0.173 e. The Bertz CT molecular complexity index is 647. The van der Waals surface area contributed by atoms with E-state index in [-0.39, 0.29) is 23.4 Å². The Balaban J connectivity index is 2.09. The molecule has 0 aromatic heterocycles. The summed E-state index contributed by atoms with van der Waals surface area (Å²) in [5, 5.41) is 3.57. The minimum Gasteiger partial charge on any atom is -0.339 e. The Morgan fingerprint density at radius 1 is 1.39 bits per heavy atom. The molecule has 1 aliphatic heterocycles. The number of thiocarbonyl (C=S) groups is 1. The minimum atomic E-state index is -2.98. The third-order valence-electron chi connectivity index (χ3n) is 3.86. The zero-order valence-electron chi connectivity index (χ0n) is 13.4. The van der Waals surface area contributed by atoms with Gasteiger partial charge in [-0.3, -0.25) is 0 Å². The van der Waals surface area contributed by atoms with Crippen molar-refractivity contribution in [3.8, 4) is 0 Å². The maximum atomic E-state index is 13.0. The van der Waals surface area contributed by atoms with E-state index >= 15 is 0 Å². The number of quaternary nitrogens is 1. The topological polar surface area (TPSA) is 53.9 Å². The van der Waals surface area contributed by atoms with E-state index in [1.165, 1.54) is 17.0 Å². The number of likely N-dealkylation sites (N-methyl/N-ethyl adjacent to an activating group) is 1. The molecule has 0 unspecified atom stereocenters. The van der Waals surface area contributed by atoms with Gasteiger partial charge in [-0.2, -0.15) is 0 Å². The van der Waals surface area contributed by atoms with Crippen molar-refractivity contribution >= 4 is 32.9 Å². The normalized spacial score (nSPS) is 19.7. The van der Waals surface area contributed by atoms with Gasteiger partial charge in [0, 0.05) is 11.7 Å². The fraction of sp³-hybridized carbons (Fsp3) is 0.533. The highest BCUT2D eigenvalue weighted by Crippen LogP contribution is 2.19. The molecule has 0 aliphatic carbocycles. The van der Waals surface area contributed by atoms with Crippen molar-refractivity contribution in [3.05, 3.63) is 30.1 Å². The average molecular weight is 361 g/mol. The van der Waals surface area contributed by atoms with Crippen LogP contribution in [0.25, 0.3) is 0 Å². The summed E-state index contributed by atoms with van der Waals surface area (Å²) in [7, 11) is 1.11. The molecule has 8 heteroatoms. The van der Waals surface area contributed by atoms with Crippen LogP contribution in [0.2, 0.25) is 0 Å². The van der Waals surface area contributed by atoms with E-state index in [1.54, 1.807) is 12.1 Å². The molecule has 1 aliphatic rings. The van der Waals surface area contributed by atoms with E-state index in [0.717, 1.165) is 6.54 Å². The van der Waals surface area contributed by atoms with Crippen molar-refractivity contribution in [1.29, 1.82) is 0 Å². The van der Waals surface area contributed by atoms with E-state index < -0.39 is 9.84 Å². The monoisotopic (exact) mass is 360 g/mol. The zero-order valence-corrected chi connectivity index (χ0v) is 15.0. The van der Waals surface area contributed by atoms with E-state index in [1.807, 2.05) is 19.0 Å². The van der Waals surface area contributed by atoms with Crippen molar-refractivity contribution in [2.24, 2.45) is 0 Å². The second kappa shape index (κ2) is 7.55. The van der Waals surface area contributed by atoms with Gasteiger partial charge < -0.3 is 15.1 Å². The lowest BCUT2D eigenvalue weighted by Gasteiger charge is -2.31. The number of halogens is 1.